The summed E-state index contributed by atoms with van der Waals surface area (Å²) >= 11 is 0. The van der Waals surface area contributed by atoms with Crippen LogP contribution in [0.5, 0.6) is 0 Å². The number of Topliss-reactive ketones (excluding diaryl/α,β-unsaturated/α-hetero) is 1. The summed E-state index contributed by atoms with van der Waals surface area (Å²) in [5.74, 6) is 8.15. The third kappa shape index (κ3) is 1.23. The molecule has 6 fully saturated rings. The van der Waals surface area contributed by atoms with E-state index in [-0.39, 0.29) is 5.41 Å². The van der Waals surface area contributed by atoms with Gasteiger partial charge < -0.3 is 0 Å². The second kappa shape index (κ2) is 3.77. The molecule has 0 heterocycles. The first-order chi connectivity index (χ1) is 10.3. The van der Waals surface area contributed by atoms with Crippen molar-refractivity contribution in [1.82, 2.24) is 0 Å². The molecular weight excluding hydrogens is 256 g/mol. The Bertz CT molecular complexity index is 510. The average Bonchev–Trinajstić information content (AvgIpc) is 3.22. The SMILES string of the molecule is O=C1C[C@H]2CC[C@H]3CC[C@@H]([C@@H]32)[C@]12C[C@@H]1CC[C@H]3CC[C@H]2[C@H]31. The van der Waals surface area contributed by atoms with E-state index >= 15 is 0 Å². The topological polar surface area (TPSA) is 17.1 Å². The van der Waals surface area contributed by atoms with Crippen molar-refractivity contribution in [2.75, 3.05) is 0 Å². The molecular formula is C20H28O. The van der Waals surface area contributed by atoms with Gasteiger partial charge in [-0.2, -0.15) is 0 Å². The largest absolute Gasteiger partial charge is 0.299 e. The van der Waals surface area contributed by atoms with Crippen LogP contribution in [-0.2, 0) is 4.79 Å². The fraction of sp³-hybridized carbons (Fsp3) is 0.950. The van der Waals surface area contributed by atoms with Gasteiger partial charge in [-0.3, -0.25) is 4.79 Å². The Morgan fingerprint density at radius 2 is 1.19 bits per heavy atom. The molecule has 9 atom stereocenters. The van der Waals surface area contributed by atoms with Gasteiger partial charge in [-0.05, 0) is 105 Å². The van der Waals surface area contributed by atoms with Gasteiger partial charge in [0, 0.05) is 11.8 Å². The summed E-state index contributed by atoms with van der Waals surface area (Å²) in [6, 6.07) is 0. The average molecular weight is 284 g/mol. The fourth-order valence-corrected chi connectivity index (χ4v) is 9.20. The maximum atomic E-state index is 13.4. The molecule has 21 heavy (non-hydrogen) atoms. The van der Waals surface area contributed by atoms with Crippen LogP contribution in [0.2, 0.25) is 0 Å². The lowest BCUT2D eigenvalue weighted by atomic mass is 9.54. The van der Waals surface area contributed by atoms with Crippen LogP contribution in [0.4, 0.5) is 0 Å². The van der Waals surface area contributed by atoms with E-state index in [9.17, 15) is 4.79 Å². The van der Waals surface area contributed by atoms with Gasteiger partial charge >= 0.3 is 0 Å². The lowest BCUT2D eigenvalue weighted by Crippen LogP contribution is -2.50. The van der Waals surface area contributed by atoms with E-state index in [1.165, 1.54) is 57.8 Å². The first kappa shape index (κ1) is 12.1. The lowest BCUT2D eigenvalue weighted by molar-refractivity contribution is -0.144. The molecule has 6 rings (SSSR count). The van der Waals surface area contributed by atoms with E-state index in [1.54, 1.807) is 0 Å². The molecule has 0 saturated heterocycles. The third-order valence-electron chi connectivity index (χ3n) is 9.51. The van der Waals surface area contributed by atoms with Crippen LogP contribution in [0, 0.1) is 52.8 Å². The van der Waals surface area contributed by atoms with Gasteiger partial charge in [-0.15, -0.1) is 0 Å². The van der Waals surface area contributed by atoms with E-state index in [4.69, 9.17) is 0 Å². The van der Waals surface area contributed by atoms with Crippen LogP contribution in [0.1, 0.15) is 64.2 Å². The molecule has 0 N–H and O–H groups in total. The maximum absolute atomic E-state index is 13.4. The highest BCUT2D eigenvalue weighted by Crippen LogP contribution is 2.73. The van der Waals surface area contributed by atoms with Gasteiger partial charge in [0.1, 0.15) is 5.78 Å². The summed E-state index contributed by atoms with van der Waals surface area (Å²) in [4.78, 5) is 13.4. The molecule has 0 radical (unpaired) electrons. The zero-order valence-corrected chi connectivity index (χ0v) is 13.1. The number of carbonyl (C=O) groups excluding carboxylic acids is 1. The van der Waals surface area contributed by atoms with Crippen molar-refractivity contribution >= 4 is 5.78 Å². The van der Waals surface area contributed by atoms with Crippen molar-refractivity contribution in [2.45, 2.75) is 64.2 Å². The number of fused-ring (bicyclic) bond motifs is 2. The second-order valence-corrected chi connectivity index (χ2v) is 9.59. The van der Waals surface area contributed by atoms with Gasteiger partial charge in [0.15, 0.2) is 0 Å². The molecule has 0 bridgehead atoms. The zero-order chi connectivity index (χ0) is 13.8. The summed E-state index contributed by atoms with van der Waals surface area (Å²) in [5, 5.41) is 0. The summed E-state index contributed by atoms with van der Waals surface area (Å²) in [6.07, 6.45) is 13.9. The Labute approximate surface area is 128 Å². The standard InChI is InChI=1S/C20H28O/c21-17-9-13-3-1-11-5-7-15(18(11)13)20(17)10-14-4-2-12-6-8-16(20)19(12)14/h11-16,18-19H,1-10H2/t11-,12-,13+,14-,15-,16-,18-,19+,20-/m0/s1. The van der Waals surface area contributed by atoms with Gasteiger partial charge in [0.25, 0.3) is 0 Å². The van der Waals surface area contributed by atoms with Crippen molar-refractivity contribution in [3.8, 4) is 0 Å². The number of ketones is 1. The minimum Gasteiger partial charge on any atom is -0.299 e. The van der Waals surface area contributed by atoms with Crippen molar-refractivity contribution < 1.29 is 4.79 Å². The molecule has 1 spiro atoms. The minimum absolute atomic E-state index is 0.199. The minimum atomic E-state index is 0.199. The monoisotopic (exact) mass is 284 g/mol. The summed E-state index contributed by atoms with van der Waals surface area (Å²) < 4.78 is 0. The smallest absolute Gasteiger partial charge is 0.139 e. The maximum Gasteiger partial charge on any atom is 0.139 e. The second-order valence-electron chi connectivity index (χ2n) is 9.59. The Kier molecular flexibility index (Phi) is 2.18. The molecule has 0 aromatic heterocycles. The van der Waals surface area contributed by atoms with Crippen molar-refractivity contribution in [3.05, 3.63) is 0 Å². The molecule has 0 aliphatic heterocycles. The quantitative estimate of drug-likeness (QED) is 0.642. The Morgan fingerprint density at radius 1 is 0.667 bits per heavy atom. The van der Waals surface area contributed by atoms with E-state index in [1.807, 2.05) is 0 Å². The highest BCUT2D eigenvalue weighted by molar-refractivity contribution is 5.87. The molecule has 114 valence electrons. The highest BCUT2D eigenvalue weighted by atomic mass is 16.1. The molecule has 0 unspecified atom stereocenters. The van der Waals surface area contributed by atoms with Crippen LogP contribution in [0.3, 0.4) is 0 Å². The van der Waals surface area contributed by atoms with Gasteiger partial charge in [0.05, 0.1) is 0 Å². The van der Waals surface area contributed by atoms with Crippen LogP contribution >= 0.6 is 0 Å². The number of rotatable bonds is 0. The Balaban J connectivity index is 1.47. The summed E-state index contributed by atoms with van der Waals surface area (Å²) in [5.41, 5.74) is 0.199. The van der Waals surface area contributed by atoms with E-state index in [2.05, 4.69) is 0 Å². The molecule has 1 nitrogen and oxygen atoms in total. The molecule has 0 aromatic carbocycles. The van der Waals surface area contributed by atoms with Gasteiger partial charge in [-0.1, -0.05) is 0 Å². The van der Waals surface area contributed by atoms with Crippen LogP contribution in [0.25, 0.3) is 0 Å². The first-order valence-electron chi connectivity index (χ1n) is 9.82. The lowest BCUT2D eigenvalue weighted by Gasteiger charge is -2.48. The Hall–Kier alpha value is -0.330. The summed E-state index contributed by atoms with van der Waals surface area (Å²) in [6.45, 7) is 0. The highest BCUT2D eigenvalue weighted by Gasteiger charge is 2.69. The van der Waals surface area contributed by atoms with Crippen LogP contribution < -0.4 is 0 Å². The van der Waals surface area contributed by atoms with Crippen LogP contribution in [-0.4, -0.2) is 5.78 Å². The molecule has 1 heteroatoms. The molecule has 0 amide bonds. The predicted molar refractivity (Wildman–Crippen MR) is 81.5 cm³/mol. The normalized spacial score (nSPS) is 63.5. The van der Waals surface area contributed by atoms with Crippen molar-refractivity contribution in [3.63, 3.8) is 0 Å². The molecule has 0 aromatic rings. The molecule has 6 aliphatic carbocycles. The van der Waals surface area contributed by atoms with E-state index < -0.39 is 0 Å². The third-order valence-corrected chi connectivity index (χ3v) is 9.51. The zero-order valence-electron chi connectivity index (χ0n) is 13.1. The van der Waals surface area contributed by atoms with Crippen LogP contribution in [0.15, 0.2) is 0 Å². The molecule has 6 aliphatic rings. The van der Waals surface area contributed by atoms with Crippen molar-refractivity contribution in [2.24, 2.45) is 52.8 Å². The number of hydrogen-bond donors (Lipinski definition) is 0. The van der Waals surface area contributed by atoms with Crippen molar-refractivity contribution in [1.29, 1.82) is 0 Å². The van der Waals surface area contributed by atoms with E-state index in [0.29, 0.717) is 0 Å². The van der Waals surface area contributed by atoms with Gasteiger partial charge in [-0.25, -0.2) is 0 Å². The number of hydrogen-bond acceptors (Lipinski definition) is 1. The first-order valence-corrected chi connectivity index (χ1v) is 9.82. The number of carbonyl (C=O) groups is 1. The molecule has 6 saturated carbocycles. The summed E-state index contributed by atoms with van der Waals surface area (Å²) in [7, 11) is 0. The predicted octanol–water partition coefficient (Wildman–Crippen LogP) is 4.45. The van der Waals surface area contributed by atoms with Gasteiger partial charge in [0.2, 0.25) is 0 Å². The Morgan fingerprint density at radius 3 is 1.90 bits per heavy atom. The fourth-order valence-electron chi connectivity index (χ4n) is 9.20. The van der Waals surface area contributed by atoms with E-state index in [0.717, 1.165) is 59.5 Å².